The van der Waals surface area contributed by atoms with Crippen LogP contribution < -0.4 is 11.1 Å². The van der Waals surface area contributed by atoms with Crippen molar-refractivity contribution in [1.29, 1.82) is 0 Å². The molecule has 4 nitrogen and oxygen atoms in total. The van der Waals surface area contributed by atoms with Gasteiger partial charge in [0, 0.05) is 37.4 Å². The van der Waals surface area contributed by atoms with Crippen LogP contribution in [0.15, 0.2) is 12.3 Å². The fraction of sp³-hybridized carbons (Fsp3) is 0.615. The van der Waals surface area contributed by atoms with Crippen LogP contribution in [0, 0.1) is 0 Å². The van der Waals surface area contributed by atoms with E-state index in [1.807, 2.05) is 6.92 Å². The molecule has 17 heavy (non-hydrogen) atoms. The number of hydrogen-bond donors (Lipinski definition) is 2. The Bertz CT molecular complexity index is 397. The van der Waals surface area contributed by atoms with Gasteiger partial charge in [0.15, 0.2) is 0 Å². The molecular formula is C13H21N3O. The molecule has 0 saturated heterocycles. The van der Waals surface area contributed by atoms with Crippen molar-refractivity contribution in [2.24, 2.45) is 5.73 Å². The highest BCUT2D eigenvalue weighted by molar-refractivity contribution is 5.75. The normalized spacial score (nSPS) is 18.8. The Morgan fingerprint density at radius 1 is 1.65 bits per heavy atom. The summed E-state index contributed by atoms with van der Waals surface area (Å²) in [6.07, 6.45) is 5.93. The molecule has 1 aliphatic carbocycles. The van der Waals surface area contributed by atoms with E-state index in [0.29, 0.717) is 13.0 Å². The van der Waals surface area contributed by atoms with Crippen LogP contribution in [0.2, 0.25) is 0 Å². The topological polar surface area (TPSA) is 60.0 Å². The summed E-state index contributed by atoms with van der Waals surface area (Å²) in [7, 11) is 0. The summed E-state index contributed by atoms with van der Waals surface area (Å²) in [5.74, 6) is 0.120. The molecule has 3 N–H and O–H groups in total. The van der Waals surface area contributed by atoms with Gasteiger partial charge in [-0.05, 0) is 37.8 Å². The van der Waals surface area contributed by atoms with Crippen molar-refractivity contribution in [1.82, 2.24) is 9.88 Å². The summed E-state index contributed by atoms with van der Waals surface area (Å²) in [5.41, 5.74) is 8.67. The van der Waals surface area contributed by atoms with Crippen LogP contribution >= 0.6 is 0 Å². The molecule has 0 aliphatic heterocycles. The maximum atomic E-state index is 11.4. The second kappa shape index (κ2) is 5.36. The Morgan fingerprint density at radius 2 is 2.47 bits per heavy atom. The number of aromatic nitrogens is 1. The van der Waals surface area contributed by atoms with Crippen molar-refractivity contribution in [3.05, 3.63) is 23.5 Å². The highest BCUT2D eigenvalue weighted by Gasteiger charge is 2.19. The average molecular weight is 235 g/mol. The predicted octanol–water partition coefficient (Wildman–Crippen LogP) is 1.35. The van der Waals surface area contributed by atoms with Crippen molar-refractivity contribution in [2.45, 2.75) is 45.2 Å². The largest absolute Gasteiger partial charge is 0.356 e. The monoisotopic (exact) mass is 235 g/mol. The molecule has 4 heteroatoms. The second-order valence-corrected chi connectivity index (χ2v) is 4.61. The third-order valence-corrected chi connectivity index (χ3v) is 3.40. The van der Waals surface area contributed by atoms with Crippen molar-refractivity contribution in [3.63, 3.8) is 0 Å². The van der Waals surface area contributed by atoms with Gasteiger partial charge in [0.05, 0.1) is 0 Å². The quantitative estimate of drug-likeness (QED) is 0.827. The van der Waals surface area contributed by atoms with Gasteiger partial charge in [-0.25, -0.2) is 0 Å². The lowest BCUT2D eigenvalue weighted by atomic mass is 9.94. The van der Waals surface area contributed by atoms with Crippen molar-refractivity contribution >= 4 is 5.91 Å². The van der Waals surface area contributed by atoms with Crippen LogP contribution in [0.4, 0.5) is 0 Å². The van der Waals surface area contributed by atoms with Gasteiger partial charge in [-0.3, -0.25) is 4.79 Å². The first-order chi connectivity index (χ1) is 8.22. The number of rotatable bonds is 4. The molecule has 0 saturated carbocycles. The molecule has 0 bridgehead atoms. The summed E-state index contributed by atoms with van der Waals surface area (Å²) in [6.45, 7) is 3.40. The number of amides is 1. The second-order valence-electron chi connectivity index (χ2n) is 4.61. The van der Waals surface area contributed by atoms with Gasteiger partial charge in [0.25, 0.3) is 0 Å². The van der Waals surface area contributed by atoms with Crippen LogP contribution in [0.25, 0.3) is 0 Å². The van der Waals surface area contributed by atoms with E-state index in [1.165, 1.54) is 11.3 Å². The molecule has 1 aromatic heterocycles. The van der Waals surface area contributed by atoms with Crippen LogP contribution in [0.5, 0.6) is 0 Å². The summed E-state index contributed by atoms with van der Waals surface area (Å²) in [6, 6.07) is 2.29. The molecule has 2 rings (SSSR count). The van der Waals surface area contributed by atoms with Crippen molar-refractivity contribution < 1.29 is 4.79 Å². The minimum atomic E-state index is 0.120. The van der Waals surface area contributed by atoms with Crippen LogP contribution in [0.3, 0.4) is 0 Å². The van der Waals surface area contributed by atoms with E-state index in [4.69, 9.17) is 5.73 Å². The molecule has 0 spiro atoms. The minimum absolute atomic E-state index is 0.120. The van der Waals surface area contributed by atoms with Crippen LogP contribution in [-0.4, -0.2) is 17.0 Å². The molecule has 1 heterocycles. The van der Waals surface area contributed by atoms with Gasteiger partial charge < -0.3 is 15.6 Å². The highest BCUT2D eigenvalue weighted by atomic mass is 16.1. The molecule has 1 atom stereocenters. The Morgan fingerprint density at radius 3 is 3.24 bits per heavy atom. The Kier molecular flexibility index (Phi) is 3.84. The molecule has 0 fully saturated rings. The maximum absolute atomic E-state index is 11.4. The van der Waals surface area contributed by atoms with Gasteiger partial charge in [-0.15, -0.1) is 0 Å². The molecule has 1 unspecified atom stereocenters. The lowest BCUT2D eigenvalue weighted by molar-refractivity contribution is -0.121. The first kappa shape index (κ1) is 12.2. The smallest absolute Gasteiger partial charge is 0.221 e. The number of carbonyl (C=O) groups excluding carboxylic acids is 1. The number of hydrogen-bond acceptors (Lipinski definition) is 2. The van der Waals surface area contributed by atoms with Crippen LogP contribution in [0.1, 0.15) is 43.5 Å². The number of nitrogens with one attached hydrogen (secondary N) is 1. The standard InChI is InChI=1S/C13H21N3O/c1-2-15-13(17)7-9-16-8-6-10-11(14)4-3-5-12(10)16/h6,8,11H,2-5,7,9,14H2,1H3,(H,15,17). The number of aryl methyl sites for hydroxylation is 1. The van der Waals surface area contributed by atoms with E-state index >= 15 is 0 Å². The van der Waals surface area contributed by atoms with Gasteiger partial charge in [0.1, 0.15) is 0 Å². The highest BCUT2D eigenvalue weighted by Crippen LogP contribution is 2.28. The first-order valence-electron chi connectivity index (χ1n) is 6.42. The number of carbonyl (C=O) groups is 1. The van der Waals surface area contributed by atoms with Gasteiger partial charge in [-0.1, -0.05) is 0 Å². The zero-order valence-corrected chi connectivity index (χ0v) is 10.4. The molecule has 1 amide bonds. The SMILES string of the molecule is CCNC(=O)CCn1ccc2c1CCCC2N. The predicted molar refractivity (Wildman–Crippen MR) is 67.6 cm³/mol. The molecule has 0 radical (unpaired) electrons. The summed E-state index contributed by atoms with van der Waals surface area (Å²) in [5, 5.41) is 2.82. The molecule has 94 valence electrons. The molecular weight excluding hydrogens is 214 g/mol. The molecule has 1 aromatic rings. The lowest BCUT2D eigenvalue weighted by Gasteiger charge is -2.20. The van der Waals surface area contributed by atoms with Gasteiger partial charge in [0.2, 0.25) is 5.91 Å². The Labute approximate surface area is 102 Å². The minimum Gasteiger partial charge on any atom is -0.356 e. The Hall–Kier alpha value is -1.29. The summed E-state index contributed by atoms with van der Waals surface area (Å²) in [4.78, 5) is 11.4. The van der Waals surface area contributed by atoms with E-state index in [9.17, 15) is 4.79 Å². The van der Waals surface area contributed by atoms with E-state index in [1.54, 1.807) is 0 Å². The summed E-state index contributed by atoms with van der Waals surface area (Å²) < 4.78 is 2.18. The first-order valence-corrected chi connectivity index (χ1v) is 6.42. The Balaban J connectivity index is 2.00. The van der Waals surface area contributed by atoms with Crippen molar-refractivity contribution in [3.8, 4) is 0 Å². The zero-order chi connectivity index (χ0) is 12.3. The number of nitrogens with zero attached hydrogens (tertiary/aromatic N) is 1. The lowest BCUT2D eigenvalue weighted by Crippen LogP contribution is -2.24. The van der Waals surface area contributed by atoms with Gasteiger partial charge >= 0.3 is 0 Å². The molecule has 0 aromatic carbocycles. The van der Waals surface area contributed by atoms with E-state index in [2.05, 4.69) is 22.1 Å². The maximum Gasteiger partial charge on any atom is 0.221 e. The zero-order valence-electron chi connectivity index (χ0n) is 10.4. The van der Waals surface area contributed by atoms with E-state index in [0.717, 1.165) is 25.8 Å². The fourth-order valence-electron chi connectivity index (χ4n) is 2.51. The van der Waals surface area contributed by atoms with E-state index in [-0.39, 0.29) is 11.9 Å². The van der Waals surface area contributed by atoms with Crippen molar-refractivity contribution in [2.75, 3.05) is 6.54 Å². The summed E-state index contributed by atoms with van der Waals surface area (Å²) >= 11 is 0. The third kappa shape index (κ3) is 2.69. The van der Waals surface area contributed by atoms with Gasteiger partial charge in [-0.2, -0.15) is 0 Å². The van der Waals surface area contributed by atoms with E-state index < -0.39 is 0 Å². The fourth-order valence-corrected chi connectivity index (χ4v) is 2.51. The van der Waals surface area contributed by atoms with Crippen LogP contribution in [-0.2, 0) is 17.8 Å². The third-order valence-electron chi connectivity index (χ3n) is 3.40. The average Bonchev–Trinajstić information content (AvgIpc) is 2.72. The number of fused-ring (bicyclic) bond motifs is 1. The number of nitrogens with two attached hydrogens (primary N) is 1. The molecule has 1 aliphatic rings.